The molecule has 1 saturated heterocycles. The molecule has 2 aromatic rings. The van der Waals surface area contributed by atoms with Gasteiger partial charge >= 0.3 is 12.1 Å². The van der Waals surface area contributed by atoms with Crippen LogP contribution in [0.15, 0.2) is 42.5 Å². The molecule has 0 radical (unpaired) electrons. The fourth-order valence-electron chi connectivity index (χ4n) is 5.33. The van der Waals surface area contributed by atoms with Crippen molar-refractivity contribution in [2.45, 2.75) is 70.4 Å². The molecule has 212 valence electrons. The molecule has 2 N–H and O–H groups in total. The molecule has 0 amide bonds. The van der Waals surface area contributed by atoms with E-state index in [9.17, 15) is 22.8 Å². The molecule has 2 heterocycles. The highest BCUT2D eigenvalue weighted by Gasteiger charge is 2.43. The van der Waals surface area contributed by atoms with Gasteiger partial charge in [-0.2, -0.15) is 13.2 Å². The van der Waals surface area contributed by atoms with Gasteiger partial charge in [0.05, 0.1) is 11.0 Å². The average Bonchev–Trinajstić information content (AvgIpc) is 3.32. The summed E-state index contributed by atoms with van der Waals surface area (Å²) in [6.07, 6.45) is 1.11. The first kappa shape index (κ1) is 30.3. The highest BCUT2D eigenvalue weighted by atomic mass is 19.4. The van der Waals surface area contributed by atoms with Crippen LogP contribution in [0.1, 0.15) is 90.6 Å². The first-order chi connectivity index (χ1) is 18.5. The molecule has 0 aromatic heterocycles. The van der Waals surface area contributed by atoms with Crippen molar-refractivity contribution in [1.29, 1.82) is 0 Å². The van der Waals surface area contributed by atoms with Crippen LogP contribution < -0.4 is 10.1 Å². The number of ketones is 2. The van der Waals surface area contributed by atoms with Crippen LogP contribution >= 0.6 is 0 Å². The second kappa shape index (κ2) is 13.2. The summed E-state index contributed by atoms with van der Waals surface area (Å²) in [5.74, 6) is -1.19. The third-order valence-electron chi connectivity index (χ3n) is 7.66. The Balaban J connectivity index is 0.000000532. The lowest BCUT2D eigenvalue weighted by Crippen LogP contribution is -2.28. The molecule has 1 unspecified atom stereocenters. The van der Waals surface area contributed by atoms with Crippen molar-refractivity contribution in [3.8, 4) is 5.75 Å². The predicted octanol–water partition coefficient (Wildman–Crippen LogP) is 6.35. The zero-order valence-electron chi connectivity index (χ0n) is 22.4. The Bertz CT molecular complexity index is 1160. The zero-order chi connectivity index (χ0) is 28.6. The van der Waals surface area contributed by atoms with Crippen LogP contribution in [-0.4, -0.2) is 48.5 Å². The normalized spacial score (nSPS) is 18.9. The Kier molecular flexibility index (Phi) is 10.3. The van der Waals surface area contributed by atoms with E-state index in [1.165, 1.54) is 18.4 Å². The summed E-state index contributed by atoms with van der Waals surface area (Å²) in [7, 11) is 0. The van der Waals surface area contributed by atoms with Crippen LogP contribution in [-0.2, 0) is 10.2 Å². The SMILES string of the molecule is CCC(=O)c1cc(C(=O)CCCC2CCNCC2)cc2c1OCC2(CC)c1ccccc1.O=C(O)C(F)(F)F. The number of piperidine rings is 1. The van der Waals surface area contributed by atoms with Gasteiger partial charge in [0.15, 0.2) is 11.6 Å². The van der Waals surface area contributed by atoms with E-state index in [-0.39, 0.29) is 17.0 Å². The van der Waals surface area contributed by atoms with Gasteiger partial charge in [0.2, 0.25) is 0 Å². The number of halogens is 3. The van der Waals surface area contributed by atoms with Crippen molar-refractivity contribution in [3.05, 3.63) is 64.7 Å². The quantitative estimate of drug-likeness (QED) is 0.355. The van der Waals surface area contributed by atoms with E-state index in [2.05, 4.69) is 24.4 Å². The van der Waals surface area contributed by atoms with Crippen LogP contribution in [0.4, 0.5) is 13.2 Å². The van der Waals surface area contributed by atoms with Gasteiger partial charge in [0.25, 0.3) is 0 Å². The number of benzene rings is 2. The Morgan fingerprint density at radius 3 is 2.26 bits per heavy atom. The average molecular weight is 548 g/mol. The summed E-state index contributed by atoms with van der Waals surface area (Å²) in [5.41, 5.74) is 3.06. The number of hydrogen-bond donors (Lipinski definition) is 2. The van der Waals surface area contributed by atoms with Crippen molar-refractivity contribution >= 4 is 17.5 Å². The molecule has 2 aromatic carbocycles. The minimum Gasteiger partial charge on any atom is -0.491 e. The molecule has 2 aliphatic rings. The largest absolute Gasteiger partial charge is 0.491 e. The Labute approximate surface area is 226 Å². The number of hydrogen-bond acceptors (Lipinski definition) is 5. The first-order valence-corrected chi connectivity index (χ1v) is 13.5. The van der Waals surface area contributed by atoms with Crippen LogP contribution in [0.3, 0.4) is 0 Å². The van der Waals surface area contributed by atoms with Gasteiger partial charge in [0, 0.05) is 24.0 Å². The lowest BCUT2D eigenvalue weighted by molar-refractivity contribution is -0.192. The first-order valence-electron chi connectivity index (χ1n) is 13.5. The maximum Gasteiger partial charge on any atom is 0.490 e. The Morgan fingerprint density at radius 2 is 1.69 bits per heavy atom. The number of aliphatic carboxylic acids is 1. The van der Waals surface area contributed by atoms with Gasteiger partial charge in [0.1, 0.15) is 12.4 Å². The van der Waals surface area contributed by atoms with Crippen molar-refractivity contribution in [1.82, 2.24) is 5.32 Å². The molecule has 6 nitrogen and oxygen atoms in total. The fourth-order valence-corrected chi connectivity index (χ4v) is 5.33. The van der Waals surface area contributed by atoms with Crippen LogP contribution in [0.5, 0.6) is 5.75 Å². The number of nitrogens with one attached hydrogen (secondary N) is 1. The number of carbonyl (C=O) groups excluding carboxylic acids is 2. The summed E-state index contributed by atoms with van der Waals surface area (Å²) < 4.78 is 37.9. The molecule has 0 bridgehead atoms. The van der Waals surface area contributed by atoms with E-state index >= 15 is 0 Å². The highest BCUT2D eigenvalue weighted by molar-refractivity contribution is 6.04. The summed E-state index contributed by atoms with van der Waals surface area (Å²) in [4.78, 5) is 34.9. The number of carboxylic acid groups (broad SMARTS) is 1. The van der Waals surface area contributed by atoms with E-state index in [4.69, 9.17) is 14.6 Å². The molecule has 39 heavy (non-hydrogen) atoms. The smallest absolute Gasteiger partial charge is 0.490 e. The maximum absolute atomic E-state index is 13.2. The summed E-state index contributed by atoms with van der Waals surface area (Å²) in [5, 5.41) is 10.5. The van der Waals surface area contributed by atoms with Crippen LogP contribution in [0.2, 0.25) is 0 Å². The molecule has 0 spiro atoms. The van der Waals surface area contributed by atoms with Crippen LogP contribution in [0, 0.1) is 5.92 Å². The molecular weight excluding hydrogens is 511 g/mol. The number of Topliss-reactive ketones (excluding diaryl/α,β-unsaturated/α-hetero) is 2. The monoisotopic (exact) mass is 547 g/mol. The van der Waals surface area contributed by atoms with Gasteiger partial charge in [-0.25, -0.2) is 4.79 Å². The van der Waals surface area contributed by atoms with E-state index in [1.807, 2.05) is 31.2 Å². The summed E-state index contributed by atoms with van der Waals surface area (Å²) in [6, 6.07) is 14.1. The lowest BCUT2D eigenvalue weighted by atomic mass is 9.73. The van der Waals surface area contributed by atoms with E-state index in [0.29, 0.717) is 36.3 Å². The molecule has 9 heteroatoms. The Hall–Kier alpha value is -3.20. The molecule has 4 rings (SSSR count). The second-order valence-corrected chi connectivity index (χ2v) is 10.1. The number of ether oxygens (including phenoxy) is 1. The lowest BCUT2D eigenvalue weighted by Gasteiger charge is -2.27. The Morgan fingerprint density at radius 1 is 1.05 bits per heavy atom. The number of carboxylic acids is 1. The van der Waals surface area contributed by atoms with Crippen molar-refractivity contribution in [2.75, 3.05) is 19.7 Å². The molecule has 1 fully saturated rings. The fraction of sp³-hybridized carbons (Fsp3) is 0.500. The van der Waals surface area contributed by atoms with Gasteiger partial charge in [-0.1, -0.05) is 44.2 Å². The number of fused-ring (bicyclic) bond motifs is 1. The van der Waals surface area contributed by atoms with Gasteiger partial charge in [-0.15, -0.1) is 0 Å². The maximum atomic E-state index is 13.2. The minimum atomic E-state index is -5.08. The van der Waals surface area contributed by atoms with Crippen molar-refractivity contribution < 1.29 is 37.4 Å². The van der Waals surface area contributed by atoms with Gasteiger partial charge < -0.3 is 15.2 Å². The minimum absolute atomic E-state index is 0.0329. The molecule has 0 saturated carbocycles. The van der Waals surface area contributed by atoms with E-state index in [0.717, 1.165) is 43.8 Å². The predicted molar refractivity (Wildman–Crippen MR) is 142 cm³/mol. The number of alkyl halides is 3. The highest BCUT2D eigenvalue weighted by Crippen LogP contribution is 2.48. The van der Waals surface area contributed by atoms with Crippen molar-refractivity contribution in [2.24, 2.45) is 5.92 Å². The van der Waals surface area contributed by atoms with Crippen LogP contribution in [0.25, 0.3) is 0 Å². The van der Waals surface area contributed by atoms with Gasteiger partial charge in [-0.05, 0) is 68.8 Å². The zero-order valence-corrected chi connectivity index (χ0v) is 22.4. The van der Waals surface area contributed by atoms with E-state index < -0.39 is 12.1 Å². The van der Waals surface area contributed by atoms with E-state index in [1.54, 1.807) is 6.07 Å². The summed E-state index contributed by atoms with van der Waals surface area (Å²) >= 11 is 0. The topological polar surface area (TPSA) is 92.7 Å². The second-order valence-electron chi connectivity index (χ2n) is 10.1. The molecule has 0 aliphatic carbocycles. The third kappa shape index (κ3) is 7.26. The molecule has 1 atom stereocenters. The number of carbonyl (C=O) groups is 3. The molecule has 2 aliphatic heterocycles. The van der Waals surface area contributed by atoms with Crippen molar-refractivity contribution in [3.63, 3.8) is 0 Å². The van der Waals surface area contributed by atoms with Gasteiger partial charge in [-0.3, -0.25) is 9.59 Å². The standard InChI is InChI=1S/C28H35NO3.C2HF3O2/c1-3-25(30)23-17-21(26(31)12-8-9-20-13-15-29-16-14-20)18-24-27(23)32-19-28(24,4-2)22-10-6-5-7-11-22;3-2(4,5)1(6)7/h5-7,10-11,17-18,20,29H,3-4,8-9,12-16,19H2,1-2H3;(H,6,7). The molecular formula is C30H36F3NO5. The summed E-state index contributed by atoms with van der Waals surface area (Å²) in [6.45, 7) is 6.69. The third-order valence-corrected chi connectivity index (χ3v) is 7.66. The number of rotatable bonds is 9.